The molecule has 2 aromatic rings. The molecule has 0 aliphatic carbocycles. The molecule has 2 aromatic carbocycles. The number of halogens is 3. The fourth-order valence-electron chi connectivity index (χ4n) is 1.88. The van der Waals surface area contributed by atoms with Gasteiger partial charge in [0.1, 0.15) is 11.9 Å². The highest BCUT2D eigenvalue weighted by molar-refractivity contribution is 9.11. The molecule has 0 aliphatic rings. The third kappa shape index (κ3) is 3.64. The van der Waals surface area contributed by atoms with Crippen molar-refractivity contribution < 1.29 is 9.84 Å². The van der Waals surface area contributed by atoms with E-state index in [0.717, 1.165) is 30.3 Å². The van der Waals surface area contributed by atoms with Gasteiger partial charge in [0.15, 0.2) is 0 Å². The zero-order chi connectivity index (χ0) is 14.7. The lowest BCUT2D eigenvalue weighted by atomic mass is 10.0. The Labute approximate surface area is 143 Å². The average molecular weight is 465 g/mol. The minimum atomic E-state index is -0.706. The largest absolute Gasteiger partial charge is 0.494 e. The molecule has 0 saturated carbocycles. The molecule has 0 aromatic heterocycles. The van der Waals surface area contributed by atoms with Gasteiger partial charge in [-0.15, -0.1) is 0 Å². The number of hydrogen-bond donors (Lipinski definition) is 1. The maximum atomic E-state index is 10.5. The molecule has 0 bridgehead atoms. The summed E-state index contributed by atoms with van der Waals surface area (Å²) in [6.07, 6.45) is -0.706. The highest BCUT2D eigenvalue weighted by Gasteiger charge is 2.17. The lowest BCUT2D eigenvalue weighted by molar-refractivity contribution is 0.218. The fraction of sp³-hybridized carbons (Fsp3) is 0.200. The number of ether oxygens (including phenoxy) is 1. The molecule has 0 radical (unpaired) electrons. The van der Waals surface area contributed by atoms with Crippen LogP contribution in [0.5, 0.6) is 5.75 Å². The zero-order valence-corrected chi connectivity index (χ0v) is 15.5. The van der Waals surface area contributed by atoms with Gasteiger partial charge in [-0.05, 0) is 42.3 Å². The van der Waals surface area contributed by atoms with E-state index in [-0.39, 0.29) is 0 Å². The Hall–Kier alpha value is -0.360. The lowest BCUT2D eigenvalue weighted by Crippen LogP contribution is -2.02. The standard InChI is InChI=1S/C15H13Br3O2/c1-2-20-10-4-6-12(14(18)8-10)15(19)11-5-3-9(16)7-13(11)17/h3-8,15,19H,2H2,1H3. The Kier molecular flexibility index (Phi) is 5.66. The van der Waals surface area contributed by atoms with E-state index in [4.69, 9.17) is 4.74 Å². The van der Waals surface area contributed by atoms with E-state index in [1.807, 2.05) is 43.3 Å². The highest BCUT2D eigenvalue weighted by Crippen LogP contribution is 2.35. The maximum absolute atomic E-state index is 10.5. The molecule has 1 atom stereocenters. The number of rotatable bonds is 4. The molecular weight excluding hydrogens is 452 g/mol. The summed E-state index contributed by atoms with van der Waals surface area (Å²) in [6, 6.07) is 11.3. The first-order valence-corrected chi connectivity index (χ1v) is 8.46. The summed E-state index contributed by atoms with van der Waals surface area (Å²) in [5.41, 5.74) is 1.62. The Morgan fingerprint density at radius 2 is 1.60 bits per heavy atom. The van der Waals surface area contributed by atoms with Crippen LogP contribution in [-0.2, 0) is 0 Å². The summed E-state index contributed by atoms with van der Waals surface area (Å²) in [4.78, 5) is 0. The SMILES string of the molecule is CCOc1ccc(C(O)c2ccc(Br)cc2Br)c(Br)c1. The van der Waals surface area contributed by atoms with Gasteiger partial charge in [0, 0.05) is 13.4 Å². The predicted molar refractivity (Wildman–Crippen MR) is 91.2 cm³/mol. The first kappa shape index (κ1) is 16.0. The summed E-state index contributed by atoms with van der Waals surface area (Å²) in [5, 5.41) is 10.5. The summed E-state index contributed by atoms with van der Waals surface area (Å²) < 4.78 is 8.09. The van der Waals surface area contributed by atoms with Crippen LogP contribution in [0, 0.1) is 0 Å². The van der Waals surface area contributed by atoms with Crippen molar-refractivity contribution in [1.82, 2.24) is 0 Å². The molecule has 20 heavy (non-hydrogen) atoms. The van der Waals surface area contributed by atoms with Crippen LogP contribution < -0.4 is 4.74 Å². The third-order valence-electron chi connectivity index (χ3n) is 2.83. The monoisotopic (exact) mass is 462 g/mol. The van der Waals surface area contributed by atoms with Gasteiger partial charge in [0.2, 0.25) is 0 Å². The predicted octanol–water partition coefficient (Wildman–Crippen LogP) is 5.45. The van der Waals surface area contributed by atoms with E-state index in [2.05, 4.69) is 47.8 Å². The smallest absolute Gasteiger partial charge is 0.120 e. The van der Waals surface area contributed by atoms with Gasteiger partial charge in [-0.1, -0.05) is 59.9 Å². The van der Waals surface area contributed by atoms with Crippen molar-refractivity contribution in [2.75, 3.05) is 6.61 Å². The molecule has 2 nitrogen and oxygen atoms in total. The van der Waals surface area contributed by atoms with Crippen LogP contribution in [0.3, 0.4) is 0 Å². The van der Waals surface area contributed by atoms with Gasteiger partial charge in [-0.2, -0.15) is 0 Å². The van der Waals surface area contributed by atoms with Gasteiger partial charge >= 0.3 is 0 Å². The second-order valence-corrected chi connectivity index (χ2v) is 6.81. The van der Waals surface area contributed by atoms with E-state index < -0.39 is 6.10 Å². The molecule has 2 rings (SSSR count). The van der Waals surface area contributed by atoms with Gasteiger partial charge in [-0.3, -0.25) is 0 Å². The van der Waals surface area contributed by atoms with Crippen LogP contribution in [0.25, 0.3) is 0 Å². The molecular formula is C15H13Br3O2. The Morgan fingerprint density at radius 3 is 2.15 bits per heavy atom. The van der Waals surface area contributed by atoms with Crippen molar-refractivity contribution in [1.29, 1.82) is 0 Å². The molecule has 0 aliphatic heterocycles. The molecule has 0 spiro atoms. The Bertz CT molecular complexity index is 614. The third-order valence-corrected chi connectivity index (χ3v) is 4.70. The maximum Gasteiger partial charge on any atom is 0.120 e. The number of hydrogen-bond acceptors (Lipinski definition) is 2. The first-order valence-electron chi connectivity index (χ1n) is 6.08. The summed E-state index contributed by atoms with van der Waals surface area (Å²) in [5.74, 6) is 0.783. The number of aliphatic hydroxyl groups excluding tert-OH is 1. The topological polar surface area (TPSA) is 29.5 Å². The molecule has 0 fully saturated rings. The van der Waals surface area contributed by atoms with E-state index in [1.165, 1.54) is 0 Å². The van der Waals surface area contributed by atoms with Crippen molar-refractivity contribution in [3.8, 4) is 5.75 Å². The quantitative estimate of drug-likeness (QED) is 0.651. The van der Waals surface area contributed by atoms with Crippen molar-refractivity contribution in [2.24, 2.45) is 0 Å². The Morgan fingerprint density at radius 1 is 1.00 bits per heavy atom. The molecule has 106 valence electrons. The van der Waals surface area contributed by atoms with Crippen LogP contribution in [-0.4, -0.2) is 11.7 Å². The summed E-state index contributed by atoms with van der Waals surface area (Å²) in [7, 11) is 0. The minimum absolute atomic E-state index is 0.618. The second-order valence-electron chi connectivity index (χ2n) is 4.18. The molecule has 0 saturated heterocycles. The summed E-state index contributed by atoms with van der Waals surface area (Å²) in [6.45, 7) is 2.56. The molecule has 0 amide bonds. The van der Waals surface area contributed by atoms with E-state index in [1.54, 1.807) is 0 Å². The number of benzene rings is 2. The van der Waals surface area contributed by atoms with Crippen molar-refractivity contribution in [3.63, 3.8) is 0 Å². The van der Waals surface area contributed by atoms with Gasteiger partial charge in [0.25, 0.3) is 0 Å². The van der Waals surface area contributed by atoms with Crippen LogP contribution in [0.4, 0.5) is 0 Å². The van der Waals surface area contributed by atoms with Gasteiger partial charge in [-0.25, -0.2) is 0 Å². The molecule has 0 heterocycles. The average Bonchev–Trinajstić information content (AvgIpc) is 2.38. The van der Waals surface area contributed by atoms with Crippen LogP contribution in [0.1, 0.15) is 24.2 Å². The summed E-state index contributed by atoms with van der Waals surface area (Å²) >= 11 is 10.4. The lowest BCUT2D eigenvalue weighted by Gasteiger charge is -2.16. The van der Waals surface area contributed by atoms with Crippen molar-refractivity contribution in [3.05, 3.63) is 60.9 Å². The van der Waals surface area contributed by atoms with Crippen LogP contribution in [0.2, 0.25) is 0 Å². The normalized spacial score (nSPS) is 12.2. The number of aliphatic hydroxyl groups is 1. The minimum Gasteiger partial charge on any atom is -0.494 e. The molecule has 1 N–H and O–H groups in total. The van der Waals surface area contributed by atoms with E-state index >= 15 is 0 Å². The first-order chi connectivity index (χ1) is 9.52. The van der Waals surface area contributed by atoms with Crippen LogP contribution in [0.15, 0.2) is 49.8 Å². The van der Waals surface area contributed by atoms with Gasteiger partial charge < -0.3 is 9.84 Å². The van der Waals surface area contributed by atoms with E-state index in [0.29, 0.717) is 6.61 Å². The van der Waals surface area contributed by atoms with Crippen molar-refractivity contribution >= 4 is 47.8 Å². The fourth-order valence-corrected chi connectivity index (χ4v) is 3.72. The van der Waals surface area contributed by atoms with Crippen LogP contribution >= 0.6 is 47.8 Å². The van der Waals surface area contributed by atoms with Gasteiger partial charge in [0.05, 0.1) is 6.61 Å². The highest BCUT2D eigenvalue weighted by atomic mass is 79.9. The zero-order valence-electron chi connectivity index (χ0n) is 10.7. The van der Waals surface area contributed by atoms with Crippen molar-refractivity contribution in [2.45, 2.75) is 13.0 Å². The second kappa shape index (κ2) is 7.07. The molecule has 1 unspecified atom stereocenters. The Balaban J connectivity index is 2.35. The molecule has 5 heteroatoms. The van der Waals surface area contributed by atoms with E-state index in [9.17, 15) is 5.11 Å².